The largest absolute Gasteiger partial charge is 0.468 e. The molecule has 126 valence electrons. The quantitative estimate of drug-likeness (QED) is 0.631. The molecule has 2 atom stereocenters. The van der Waals surface area contributed by atoms with Gasteiger partial charge >= 0.3 is 12.1 Å². The van der Waals surface area contributed by atoms with Gasteiger partial charge in [-0.2, -0.15) is 0 Å². The molecule has 0 aromatic carbocycles. The van der Waals surface area contributed by atoms with Crippen LogP contribution in [0, 0.1) is 11.3 Å². The molecule has 3 N–H and O–H groups in total. The van der Waals surface area contributed by atoms with Crippen LogP contribution in [0.4, 0.5) is 4.79 Å². The van der Waals surface area contributed by atoms with Gasteiger partial charge in [-0.05, 0) is 11.8 Å². The number of esters is 1. The Kier molecular flexibility index (Phi) is 5.39. The lowest BCUT2D eigenvalue weighted by Crippen LogP contribution is -2.64. The zero-order valence-corrected chi connectivity index (χ0v) is 13.4. The Morgan fingerprint density at radius 1 is 1.36 bits per heavy atom. The van der Waals surface area contributed by atoms with Gasteiger partial charge in [-0.15, -0.1) is 0 Å². The third-order valence-corrected chi connectivity index (χ3v) is 4.23. The standard InChI is InChI=1S/C14H24N2O6/c1-13(2,3)9-5-6-16(12(20)21)14(9,8-17)11(19)15-7-10(18)22-4/h9,17H,5-8H2,1-4H3,(H,15,19)(H,20,21). The van der Waals surface area contributed by atoms with E-state index < -0.39 is 35.5 Å². The van der Waals surface area contributed by atoms with E-state index in [1.54, 1.807) is 0 Å². The SMILES string of the molecule is COC(=O)CNC(=O)C1(CO)C(C(C)(C)C)CCN1C(=O)O. The van der Waals surface area contributed by atoms with Gasteiger partial charge in [0.2, 0.25) is 5.91 Å². The molecule has 22 heavy (non-hydrogen) atoms. The highest BCUT2D eigenvalue weighted by molar-refractivity contribution is 5.93. The first-order valence-electron chi connectivity index (χ1n) is 7.07. The first kappa shape index (κ1) is 18.2. The summed E-state index contributed by atoms with van der Waals surface area (Å²) >= 11 is 0. The number of methoxy groups -OCH3 is 1. The summed E-state index contributed by atoms with van der Waals surface area (Å²) in [5.74, 6) is -1.70. The maximum atomic E-state index is 12.6. The number of hydrogen-bond donors (Lipinski definition) is 3. The molecule has 2 unspecified atom stereocenters. The fourth-order valence-corrected chi connectivity index (χ4v) is 3.23. The molecule has 0 bridgehead atoms. The number of nitrogens with zero attached hydrogens (tertiary/aromatic N) is 1. The minimum absolute atomic E-state index is 0.156. The molecule has 8 heteroatoms. The van der Waals surface area contributed by atoms with Crippen LogP contribution in [0.15, 0.2) is 0 Å². The fourth-order valence-electron chi connectivity index (χ4n) is 3.23. The van der Waals surface area contributed by atoms with Crippen molar-refractivity contribution in [2.75, 3.05) is 26.8 Å². The third-order valence-electron chi connectivity index (χ3n) is 4.23. The van der Waals surface area contributed by atoms with Crippen LogP contribution in [-0.2, 0) is 14.3 Å². The van der Waals surface area contributed by atoms with E-state index in [-0.39, 0.29) is 19.0 Å². The molecular formula is C14H24N2O6. The number of nitrogens with one attached hydrogen (secondary N) is 1. The number of aliphatic hydroxyl groups excluding tert-OH is 1. The number of amides is 2. The second-order valence-electron chi connectivity index (χ2n) is 6.48. The molecule has 8 nitrogen and oxygen atoms in total. The van der Waals surface area contributed by atoms with E-state index in [2.05, 4.69) is 10.1 Å². The average Bonchev–Trinajstić information content (AvgIpc) is 2.84. The van der Waals surface area contributed by atoms with E-state index in [4.69, 9.17) is 0 Å². The van der Waals surface area contributed by atoms with Crippen molar-refractivity contribution in [2.24, 2.45) is 11.3 Å². The number of hydrogen-bond acceptors (Lipinski definition) is 5. The fraction of sp³-hybridized carbons (Fsp3) is 0.786. The second-order valence-corrected chi connectivity index (χ2v) is 6.48. The summed E-state index contributed by atoms with van der Waals surface area (Å²) in [7, 11) is 1.19. The van der Waals surface area contributed by atoms with E-state index in [9.17, 15) is 24.6 Å². The molecule has 1 fully saturated rings. The van der Waals surface area contributed by atoms with Gasteiger partial charge in [0.15, 0.2) is 5.54 Å². The van der Waals surface area contributed by atoms with Gasteiger partial charge in [-0.25, -0.2) is 4.79 Å². The lowest BCUT2D eigenvalue weighted by Gasteiger charge is -2.43. The Balaban J connectivity index is 3.16. The first-order valence-corrected chi connectivity index (χ1v) is 7.07. The van der Waals surface area contributed by atoms with E-state index in [0.29, 0.717) is 6.42 Å². The summed E-state index contributed by atoms with van der Waals surface area (Å²) in [4.78, 5) is 36.3. The highest BCUT2D eigenvalue weighted by Crippen LogP contribution is 2.45. The van der Waals surface area contributed by atoms with Crippen LogP contribution in [0.3, 0.4) is 0 Å². The van der Waals surface area contributed by atoms with Crippen molar-refractivity contribution >= 4 is 18.0 Å². The third kappa shape index (κ3) is 3.16. The van der Waals surface area contributed by atoms with Gasteiger partial charge in [0, 0.05) is 12.5 Å². The lowest BCUT2D eigenvalue weighted by molar-refractivity contribution is -0.145. The monoisotopic (exact) mass is 316 g/mol. The van der Waals surface area contributed by atoms with Crippen LogP contribution in [0.1, 0.15) is 27.2 Å². The molecule has 1 aliphatic rings. The molecule has 0 aromatic heterocycles. The number of rotatable bonds is 4. The van der Waals surface area contributed by atoms with Crippen molar-refractivity contribution in [1.82, 2.24) is 10.2 Å². The van der Waals surface area contributed by atoms with E-state index in [1.807, 2.05) is 20.8 Å². The van der Waals surface area contributed by atoms with Crippen molar-refractivity contribution in [3.05, 3.63) is 0 Å². The molecule has 0 aliphatic carbocycles. The lowest BCUT2D eigenvalue weighted by atomic mass is 9.69. The smallest absolute Gasteiger partial charge is 0.408 e. The average molecular weight is 316 g/mol. The van der Waals surface area contributed by atoms with Gasteiger partial charge in [-0.3, -0.25) is 14.5 Å². The van der Waals surface area contributed by atoms with Crippen LogP contribution in [0.2, 0.25) is 0 Å². The normalized spacial score (nSPS) is 25.0. The summed E-state index contributed by atoms with van der Waals surface area (Å²) in [6, 6.07) is 0. The summed E-state index contributed by atoms with van der Waals surface area (Å²) in [5, 5.41) is 21.6. The number of carboxylic acid groups (broad SMARTS) is 1. The summed E-state index contributed by atoms with van der Waals surface area (Å²) < 4.78 is 4.45. The molecule has 1 aliphatic heterocycles. The number of carbonyl (C=O) groups is 3. The van der Waals surface area contributed by atoms with Crippen molar-refractivity contribution < 1.29 is 29.3 Å². The molecule has 1 rings (SSSR count). The van der Waals surface area contributed by atoms with Crippen molar-refractivity contribution in [3.8, 4) is 0 Å². The van der Waals surface area contributed by atoms with E-state index in [1.165, 1.54) is 7.11 Å². The number of carbonyl (C=O) groups excluding carboxylic acids is 2. The highest BCUT2D eigenvalue weighted by atomic mass is 16.5. The number of aliphatic hydroxyl groups is 1. The number of likely N-dealkylation sites (tertiary alicyclic amines) is 1. The van der Waals surface area contributed by atoms with Crippen molar-refractivity contribution in [3.63, 3.8) is 0 Å². The van der Waals surface area contributed by atoms with E-state index in [0.717, 1.165) is 4.90 Å². The summed E-state index contributed by atoms with van der Waals surface area (Å²) in [5.41, 5.74) is -1.99. The first-order chi connectivity index (χ1) is 10.1. The molecule has 0 aromatic rings. The summed E-state index contributed by atoms with van der Waals surface area (Å²) in [6.07, 6.45) is -0.809. The van der Waals surface area contributed by atoms with Crippen LogP contribution in [0.25, 0.3) is 0 Å². The maximum Gasteiger partial charge on any atom is 0.408 e. The Bertz CT molecular complexity index is 459. The van der Waals surface area contributed by atoms with Crippen LogP contribution in [0.5, 0.6) is 0 Å². The van der Waals surface area contributed by atoms with Gasteiger partial charge < -0.3 is 20.3 Å². The predicted molar refractivity (Wildman–Crippen MR) is 77.1 cm³/mol. The minimum Gasteiger partial charge on any atom is -0.468 e. The van der Waals surface area contributed by atoms with Gasteiger partial charge in [0.25, 0.3) is 0 Å². The Hall–Kier alpha value is -1.83. The minimum atomic E-state index is -1.60. The Labute approximate surface area is 129 Å². The molecule has 0 saturated carbocycles. The van der Waals surface area contributed by atoms with Crippen molar-refractivity contribution in [2.45, 2.75) is 32.7 Å². The van der Waals surface area contributed by atoms with Crippen LogP contribution in [-0.4, -0.2) is 65.4 Å². The topological polar surface area (TPSA) is 116 Å². The molecule has 0 radical (unpaired) electrons. The van der Waals surface area contributed by atoms with Crippen LogP contribution < -0.4 is 5.32 Å². The van der Waals surface area contributed by atoms with Gasteiger partial charge in [-0.1, -0.05) is 20.8 Å². The molecule has 1 heterocycles. The van der Waals surface area contributed by atoms with Gasteiger partial charge in [0.05, 0.1) is 13.7 Å². The zero-order valence-electron chi connectivity index (χ0n) is 13.4. The van der Waals surface area contributed by atoms with Gasteiger partial charge in [0.1, 0.15) is 6.54 Å². The predicted octanol–water partition coefficient (Wildman–Crippen LogP) is 0.0527. The van der Waals surface area contributed by atoms with E-state index >= 15 is 0 Å². The Morgan fingerprint density at radius 2 is 1.95 bits per heavy atom. The zero-order chi connectivity index (χ0) is 17.1. The molecule has 1 saturated heterocycles. The maximum absolute atomic E-state index is 12.6. The summed E-state index contributed by atoms with van der Waals surface area (Å²) in [6.45, 7) is 4.81. The molecular weight excluding hydrogens is 292 g/mol. The number of ether oxygens (including phenoxy) is 1. The molecule has 0 spiro atoms. The molecule has 2 amide bonds. The van der Waals surface area contributed by atoms with Crippen molar-refractivity contribution in [1.29, 1.82) is 0 Å². The Morgan fingerprint density at radius 3 is 2.36 bits per heavy atom. The highest BCUT2D eigenvalue weighted by Gasteiger charge is 2.59. The van der Waals surface area contributed by atoms with Crippen LogP contribution >= 0.6 is 0 Å². The second kappa shape index (κ2) is 6.51.